The molecular weight excluding hydrogens is 297 g/mol. The standard InChI is InChI=1S/C15H15F3N2S/c1-10-6-11(7-19)2-3-12(10)9-21-14-5-4-13(8-20-14)15(16,17)18/h2-6,8H,7,9,19H2,1H3. The van der Waals surface area contributed by atoms with E-state index < -0.39 is 11.7 Å². The third-order valence-electron chi connectivity index (χ3n) is 3.08. The number of benzene rings is 1. The molecule has 0 unspecified atom stereocenters. The van der Waals surface area contributed by atoms with Crippen molar-refractivity contribution in [3.05, 3.63) is 58.8 Å². The van der Waals surface area contributed by atoms with Gasteiger partial charge >= 0.3 is 6.18 Å². The van der Waals surface area contributed by atoms with Crippen LogP contribution in [-0.2, 0) is 18.5 Å². The predicted octanol–water partition coefficient (Wildman–Crippen LogP) is 4.16. The zero-order chi connectivity index (χ0) is 15.5. The van der Waals surface area contributed by atoms with E-state index >= 15 is 0 Å². The molecule has 2 nitrogen and oxygen atoms in total. The van der Waals surface area contributed by atoms with Gasteiger partial charge in [-0.05, 0) is 35.7 Å². The Bertz CT molecular complexity index is 609. The van der Waals surface area contributed by atoms with E-state index in [0.717, 1.165) is 29.0 Å². The van der Waals surface area contributed by atoms with Gasteiger partial charge in [0.2, 0.25) is 0 Å². The van der Waals surface area contributed by atoms with Gasteiger partial charge in [0.15, 0.2) is 0 Å². The fourth-order valence-electron chi connectivity index (χ4n) is 1.83. The van der Waals surface area contributed by atoms with Gasteiger partial charge in [0.25, 0.3) is 0 Å². The van der Waals surface area contributed by atoms with Crippen molar-refractivity contribution < 1.29 is 13.2 Å². The molecule has 1 aromatic heterocycles. The SMILES string of the molecule is Cc1cc(CN)ccc1CSc1ccc(C(F)(F)F)cn1. The van der Waals surface area contributed by atoms with E-state index in [2.05, 4.69) is 4.98 Å². The van der Waals surface area contributed by atoms with Gasteiger partial charge in [0.05, 0.1) is 10.6 Å². The fraction of sp³-hybridized carbons (Fsp3) is 0.267. The van der Waals surface area contributed by atoms with Crippen LogP contribution in [0.5, 0.6) is 0 Å². The minimum absolute atomic E-state index is 0.495. The number of nitrogens with two attached hydrogens (primary N) is 1. The first-order valence-corrected chi connectivity index (χ1v) is 7.33. The number of nitrogens with zero attached hydrogens (tertiary/aromatic N) is 1. The molecule has 0 aliphatic rings. The minimum atomic E-state index is -4.34. The van der Waals surface area contributed by atoms with E-state index in [1.54, 1.807) is 0 Å². The van der Waals surface area contributed by atoms with E-state index in [1.165, 1.54) is 17.8 Å². The third kappa shape index (κ3) is 4.22. The summed E-state index contributed by atoms with van der Waals surface area (Å²) in [4.78, 5) is 3.85. The van der Waals surface area contributed by atoms with Crippen molar-refractivity contribution in [3.8, 4) is 0 Å². The highest BCUT2D eigenvalue weighted by atomic mass is 32.2. The number of hydrogen-bond donors (Lipinski definition) is 1. The van der Waals surface area contributed by atoms with E-state index in [4.69, 9.17) is 5.73 Å². The van der Waals surface area contributed by atoms with Crippen LogP contribution in [0.25, 0.3) is 0 Å². The molecule has 0 saturated heterocycles. The molecule has 0 saturated carbocycles. The van der Waals surface area contributed by atoms with Crippen molar-refractivity contribution >= 4 is 11.8 Å². The molecule has 0 bridgehead atoms. The normalized spacial score (nSPS) is 11.7. The van der Waals surface area contributed by atoms with Gasteiger partial charge in [-0.3, -0.25) is 0 Å². The Labute approximate surface area is 125 Å². The molecule has 1 aromatic carbocycles. The maximum absolute atomic E-state index is 12.4. The number of aryl methyl sites for hydroxylation is 1. The lowest BCUT2D eigenvalue weighted by Crippen LogP contribution is -2.05. The molecule has 0 atom stereocenters. The van der Waals surface area contributed by atoms with Crippen LogP contribution >= 0.6 is 11.8 Å². The molecule has 0 radical (unpaired) electrons. The van der Waals surface area contributed by atoms with Gasteiger partial charge < -0.3 is 5.73 Å². The lowest BCUT2D eigenvalue weighted by atomic mass is 10.1. The Balaban J connectivity index is 2.03. The molecule has 0 aliphatic carbocycles. The average Bonchev–Trinajstić information content (AvgIpc) is 2.45. The van der Waals surface area contributed by atoms with E-state index in [1.807, 2.05) is 25.1 Å². The van der Waals surface area contributed by atoms with Crippen molar-refractivity contribution in [1.29, 1.82) is 0 Å². The molecule has 1 heterocycles. The molecule has 0 amide bonds. The molecule has 0 aliphatic heterocycles. The first kappa shape index (κ1) is 15.9. The Morgan fingerprint density at radius 3 is 2.48 bits per heavy atom. The van der Waals surface area contributed by atoms with Gasteiger partial charge in [-0.15, -0.1) is 11.8 Å². The summed E-state index contributed by atoms with van der Waals surface area (Å²) in [5, 5.41) is 0.574. The Morgan fingerprint density at radius 2 is 1.95 bits per heavy atom. The summed E-state index contributed by atoms with van der Waals surface area (Å²) in [5.41, 5.74) is 8.16. The first-order chi connectivity index (χ1) is 9.90. The lowest BCUT2D eigenvalue weighted by molar-refractivity contribution is -0.137. The highest BCUT2D eigenvalue weighted by Crippen LogP contribution is 2.30. The Hall–Kier alpha value is -1.53. The molecule has 0 spiro atoms. The van der Waals surface area contributed by atoms with E-state index in [-0.39, 0.29) is 0 Å². The first-order valence-electron chi connectivity index (χ1n) is 6.34. The molecule has 2 aromatic rings. The number of pyridine rings is 1. The Kier molecular flexibility index (Phi) is 4.90. The second-order valence-corrected chi connectivity index (χ2v) is 5.63. The van der Waals surface area contributed by atoms with Crippen molar-refractivity contribution in [2.75, 3.05) is 0 Å². The topological polar surface area (TPSA) is 38.9 Å². The van der Waals surface area contributed by atoms with Gasteiger partial charge in [-0.25, -0.2) is 4.98 Å². The van der Waals surface area contributed by atoms with Crippen molar-refractivity contribution in [1.82, 2.24) is 4.98 Å². The maximum Gasteiger partial charge on any atom is 0.417 e. The van der Waals surface area contributed by atoms with Crippen LogP contribution < -0.4 is 5.73 Å². The molecule has 2 rings (SSSR count). The smallest absolute Gasteiger partial charge is 0.326 e. The minimum Gasteiger partial charge on any atom is -0.326 e. The van der Waals surface area contributed by atoms with Crippen LogP contribution in [0, 0.1) is 6.92 Å². The summed E-state index contributed by atoms with van der Waals surface area (Å²) in [6.07, 6.45) is -3.47. The van der Waals surface area contributed by atoms with Crippen LogP contribution in [0.15, 0.2) is 41.6 Å². The van der Waals surface area contributed by atoms with Crippen LogP contribution in [0.2, 0.25) is 0 Å². The van der Waals surface area contributed by atoms with Gasteiger partial charge in [-0.1, -0.05) is 18.2 Å². The van der Waals surface area contributed by atoms with Gasteiger partial charge in [-0.2, -0.15) is 13.2 Å². The number of halogens is 3. The van der Waals surface area contributed by atoms with Crippen LogP contribution in [0.3, 0.4) is 0 Å². The van der Waals surface area contributed by atoms with Crippen molar-refractivity contribution in [3.63, 3.8) is 0 Å². The summed E-state index contributed by atoms with van der Waals surface area (Å²) in [5.74, 6) is 0.662. The monoisotopic (exact) mass is 312 g/mol. The van der Waals surface area contributed by atoms with E-state index in [9.17, 15) is 13.2 Å². The number of rotatable bonds is 4. The predicted molar refractivity (Wildman–Crippen MR) is 77.9 cm³/mol. The second kappa shape index (κ2) is 6.49. The van der Waals surface area contributed by atoms with Crippen LogP contribution in [0.1, 0.15) is 22.3 Å². The number of thioether (sulfide) groups is 1. The quantitative estimate of drug-likeness (QED) is 0.862. The summed E-state index contributed by atoms with van der Waals surface area (Å²) in [6, 6.07) is 8.44. The largest absolute Gasteiger partial charge is 0.417 e. The molecule has 6 heteroatoms. The van der Waals surface area contributed by atoms with Crippen molar-refractivity contribution in [2.45, 2.75) is 30.4 Å². The van der Waals surface area contributed by atoms with Gasteiger partial charge in [0, 0.05) is 18.5 Å². The molecule has 2 N–H and O–H groups in total. The van der Waals surface area contributed by atoms with Crippen LogP contribution in [0.4, 0.5) is 13.2 Å². The zero-order valence-corrected chi connectivity index (χ0v) is 12.3. The maximum atomic E-state index is 12.4. The van der Waals surface area contributed by atoms with Gasteiger partial charge in [0.1, 0.15) is 0 Å². The molecule has 0 fully saturated rings. The van der Waals surface area contributed by atoms with Crippen molar-refractivity contribution in [2.24, 2.45) is 5.73 Å². The average molecular weight is 312 g/mol. The highest BCUT2D eigenvalue weighted by molar-refractivity contribution is 7.98. The Morgan fingerprint density at radius 1 is 1.19 bits per heavy atom. The summed E-state index contributed by atoms with van der Waals surface area (Å²) in [6.45, 7) is 2.49. The molecule has 21 heavy (non-hydrogen) atoms. The number of hydrogen-bond acceptors (Lipinski definition) is 3. The third-order valence-corrected chi connectivity index (χ3v) is 4.07. The summed E-state index contributed by atoms with van der Waals surface area (Å²) >= 11 is 1.41. The van der Waals surface area contributed by atoms with Crippen LogP contribution in [-0.4, -0.2) is 4.98 Å². The summed E-state index contributed by atoms with van der Waals surface area (Å²) in [7, 11) is 0. The summed E-state index contributed by atoms with van der Waals surface area (Å²) < 4.78 is 37.3. The number of aromatic nitrogens is 1. The lowest BCUT2D eigenvalue weighted by Gasteiger charge is -2.09. The fourth-order valence-corrected chi connectivity index (χ4v) is 2.75. The molecule has 112 valence electrons. The highest BCUT2D eigenvalue weighted by Gasteiger charge is 2.30. The number of alkyl halides is 3. The molecular formula is C15H15F3N2S. The van der Waals surface area contributed by atoms with E-state index in [0.29, 0.717) is 17.3 Å². The second-order valence-electron chi connectivity index (χ2n) is 4.64. The zero-order valence-electron chi connectivity index (χ0n) is 11.4.